The molecular formula is C15H18N2O2S. The third kappa shape index (κ3) is 3.10. The first kappa shape index (κ1) is 13.4. The van der Waals surface area contributed by atoms with Gasteiger partial charge in [-0.15, -0.1) is 0 Å². The number of aromatic nitrogens is 2. The van der Waals surface area contributed by atoms with Crippen LogP contribution in [0.25, 0.3) is 11.3 Å². The zero-order valence-corrected chi connectivity index (χ0v) is 12.1. The fraction of sp³-hybridized carbons (Fsp3) is 0.400. The monoisotopic (exact) mass is 290 g/mol. The second-order valence-electron chi connectivity index (χ2n) is 5.44. The summed E-state index contributed by atoms with van der Waals surface area (Å²) in [5.41, 5.74) is 2.02. The third-order valence-corrected chi connectivity index (χ3v) is 5.62. The Balaban J connectivity index is 1.72. The average Bonchev–Trinajstić information content (AvgIpc) is 2.87. The van der Waals surface area contributed by atoms with Gasteiger partial charge in [0.25, 0.3) is 0 Å². The molecule has 1 fully saturated rings. The van der Waals surface area contributed by atoms with E-state index < -0.39 is 9.84 Å². The van der Waals surface area contributed by atoms with Crippen LogP contribution in [0.3, 0.4) is 0 Å². The molecule has 1 aromatic heterocycles. The predicted molar refractivity (Wildman–Crippen MR) is 79.0 cm³/mol. The van der Waals surface area contributed by atoms with E-state index in [0.717, 1.165) is 30.6 Å². The van der Waals surface area contributed by atoms with Crippen molar-refractivity contribution in [2.75, 3.05) is 11.5 Å². The standard InChI is InChI=1S/C15H18N2O2S/c18-20(19)8-4-5-13(11-20)9-17-10-15(16-12-17)14-6-2-1-3-7-14/h1-3,6-7,10,12-13H,4-5,8-9,11H2. The lowest BCUT2D eigenvalue weighted by atomic mass is 10.1. The van der Waals surface area contributed by atoms with Gasteiger partial charge >= 0.3 is 0 Å². The molecule has 4 nitrogen and oxygen atoms in total. The maximum Gasteiger partial charge on any atom is 0.150 e. The second-order valence-corrected chi connectivity index (χ2v) is 7.67. The van der Waals surface area contributed by atoms with Gasteiger partial charge in [0.15, 0.2) is 9.84 Å². The van der Waals surface area contributed by atoms with Crippen molar-refractivity contribution in [1.29, 1.82) is 0 Å². The van der Waals surface area contributed by atoms with Gasteiger partial charge in [0, 0.05) is 18.3 Å². The maximum absolute atomic E-state index is 11.7. The maximum atomic E-state index is 11.7. The summed E-state index contributed by atoms with van der Waals surface area (Å²) in [5.74, 6) is 0.876. The molecule has 0 bridgehead atoms. The normalized spacial score (nSPS) is 21.7. The van der Waals surface area contributed by atoms with Gasteiger partial charge in [-0.2, -0.15) is 0 Å². The summed E-state index contributed by atoms with van der Waals surface area (Å²) in [4.78, 5) is 4.40. The molecule has 0 amide bonds. The highest BCUT2D eigenvalue weighted by Gasteiger charge is 2.24. The highest BCUT2D eigenvalue weighted by atomic mass is 32.2. The van der Waals surface area contributed by atoms with E-state index in [1.807, 2.05) is 41.1 Å². The van der Waals surface area contributed by atoms with Crippen LogP contribution in [0.15, 0.2) is 42.9 Å². The summed E-state index contributed by atoms with van der Waals surface area (Å²) in [6.45, 7) is 0.735. The molecule has 1 atom stereocenters. The molecule has 106 valence electrons. The molecule has 0 N–H and O–H groups in total. The van der Waals surface area contributed by atoms with Gasteiger partial charge in [-0.25, -0.2) is 13.4 Å². The Hall–Kier alpha value is -1.62. The number of rotatable bonds is 3. The van der Waals surface area contributed by atoms with Crippen molar-refractivity contribution < 1.29 is 8.42 Å². The molecule has 0 saturated carbocycles. The topological polar surface area (TPSA) is 52.0 Å². The highest BCUT2D eigenvalue weighted by molar-refractivity contribution is 7.91. The SMILES string of the molecule is O=S1(=O)CCCC(Cn2cnc(-c3ccccc3)c2)C1. The lowest BCUT2D eigenvalue weighted by Crippen LogP contribution is -2.27. The van der Waals surface area contributed by atoms with E-state index in [4.69, 9.17) is 0 Å². The molecule has 2 aromatic rings. The summed E-state index contributed by atoms with van der Waals surface area (Å²) < 4.78 is 25.3. The van der Waals surface area contributed by atoms with E-state index >= 15 is 0 Å². The van der Waals surface area contributed by atoms with Crippen molar-refractivity contribution in [3.63, 3.8) is 0 Å². The number of hydrogen-bond acceptors (Lipinski definition) is 3. The molecule has 5 heteroatoms. The Kier molecular flexibility index (Phi) is 3.61. The van der Waals surface area contributed by atoms with Crippen LogP contribution >= 0.6 is 0 Å². The van der Waals surface area contributed by atoms with Crippen LogP contribution in [-0.4, -0.2) is 29.5 Å². The fourth-order valence-corrected chi connectivity index (χ4v) is 4.54. The Morgan fingerprint density at radius 2 is 2.05 bits per heavy atom. The first-order valence-electron chi connectivity index (χ1n) is 6.90. The van der Waals surface area contributed by atoms with E-state index in [-0.39, 0.29) is 5.92 Å². The van der Waals surface area contributed by atoms with Crippen molar-refractivity contribution in [1.82, 2.24) is 9.55 Å². The molecule has 20 heavy (non-hydrogen) atoms. The second kappa shape index (κ2) is 5.40. The lowest BCUT2D eigenvalue weighted by Gasteiger charge is -2.21. The van der Waals surface area contributed by atoms with Crippen LogP contribution in [0.2, 0.25) is 0 Å². The van der Waals surface area contributed by atoms with Crippen molar-refractivity contribution >= 4 is 9.84 Å². The van der Waals surface area contributed by atoms with Crippen LogP contribution < -0.4 is 0 Å². The van der Waals surface area contributed by atoms with Crippen LogP contribution in [0.4, 0.5) is 0 Å². The van der Waals surface area contributed by atoms with Crippen LogP contribution in [-0.2, 0) is 16.4 Å². The summed E-state index contributed by atoms with van der Waals surface area (Å²) in [6.07, 6.45) is 5.56. The minimum atomic E-state index is -2.83. The van der Waals surface area contributed by atoms with Gasteiger partial charge in [0.1, 0.15) is 0 Å². The van der Waals surface area contributed by atoms with Crippen LogP contribution in [0.1, 0.15) is 12.8 Å². The van der Waals surface area contributed by atoms with E-state index in [1.54, 1.807) is 6.33 Å². The molecule has 1 unspecified atom stereocenters. The number of imidazole rings is 1. The zero-order chi connectivity index (χ0) is 14.0. The molecule has 0 spiro atoms. The van der Waals surface area contributed by atoms with Gasteiger partial charge in [-0.1, -0.05) is 30.3 Å². The summed E-state index contributed by atoms with van der Waals surface area (Å²) in [6, 6.07) is 10.0. The van der Waals surface area contributed by atoms with E-state index in [1.165, 1.54) is 0 Å². The van der Waals surface area contributed by atoms with Crippen LogP contribution in [0, 0.1) is 5.92 Å². The molecule has 0 aliphatic carbocycles. The van der Waals surface area contributed by atoms with Gasteiger partial charge in [-0.05, 0) is 18.8 Å². The molecule has 3 rings (SSSR count). The Morgan fingerprint density at radius 1 is 1.25 bits per heavy atom. The smallest absolute Gasteiger partial charge is 0.150 e. The summed E-state index contributed by atoms with van der Waals surface area (Å²) in [5, 5.41) is 0. The quantitative estimate of drug-likeness (QED) is 0.872. The number of sulfone groups is 1. The Morgan fingerprint density at radius 3 is 2.80 bits per heavy atom. The fourth-order valence-electron chi connectivity index (χ4n) is 2.78. The Labute approximate surface area is 119 Å². The minimum Gasteiger partial charge on any atom is -0.337 e. The van der Waals surface area contributed by atoms with Crippen molar-refractivity contribution in [2.24, 2.45) is 5.92 Å². The lowest BCUT2D eigenvalue weighted by molar-refractivity contribution is 0.426. The molecule has 1 aliphatic heterocycles. The van der Waals surface area contributed by atoms with Gasteiger partial charge in [0.2, 0.25) is 0 Å². The summed E-state index contributed by atoms with van der Waals surface area (Å²) in [7, 11) is -2.83. The Bertz CT molecular complexity index is 677. The largest absolute Gasteiger partial charge is 0.337 e. The molecule has 1 aromatic carbocycles. The third-order valence-electron chi connectivity index (χ3n) is 3.73. The molecule has 1 aliphatic rings. The van der Waals surface area contributed by atoms with Crippen molar-refractivity contribution in [3.05, 3.63) is 42.9 Å². The van der Waals surface area contributed by atoms with Crippen molar-refractivity contribution in [2.45, 2.75) is 19.4 Å². The highest BCUT2D eigenvalue weighted by Crippen LogP contribution is 2.21. The predicted octanol–water partition coefficient (Wildman–Crippen LogP) is 2.37. The first-order valence-corrected chi connectivity index (χ1v) is 8.72. The van der Waals surface area contributed by atoms with Crippen LogP contribution in [0.5, 0.6) is 0 Å². The molecular weight excluding hydrogens is 272 g/mol. The average molecular weight is 290 g/mol. The zero-order valence-electron chi connectivity index (χ0n) is 11.3. The van der Waals surface area contributed by atoms with E-state index in [2.05, 4.69) is 4.98 Å². The first-order chi connectivity index (χ1) is 9.62. The van der Waals surface area contributed by atoms with Crippen molar-refractivity contribution in [3.8, 4) is 11.3 Å². The molecule has 0 radical (unpaired) electrons. The van der Waals surface area contributed by atoms with Gasteiger partial charge < -0.3 is 4.57 Å². The number of benzene rings is 1. The van der Waals surface area contributed by atoms with E-state index in [0.29, 0.717) is 11.5 Å². The van der Waals surface area contributed by atoms with Gasteiger partial charge in [-0.3, -0.25) is 0 Å². The number of hydrogen-bond donors (Lipinski definition) is 0. The van der Waals surface area contributed by atoms with Gasteiger partial charge in [0.05, 0.1) is 23.5 Å². The summed E-state index contributed by atoms with van der Waals surface area (Å²) >= 11 is 0. The minimum absolute atomic E-state index is 0.214. The molecule has 1 saturated heterocycles. The number of nitrogens with zero attached hydrogens (tertiary/aromatic N) is 2. The van der Waals surface area contributed by atoms with E-state index in [9.17, 15) is 8.42 Å². The molecule has 2 heterocycles.